The Hall–Kier alpha value is -1.07. The van der Waals surface area contributed by atoms with Gasteiger partial charge in [-0.05, 0) is 44.2 Å². The first-order valence-electron chi connectivity index (χ1n) is 7.84. The van der Waals surface area contributed by atoms with Crippen molar-refractivity contribution in [2.24, 2.45) is 5.41 Å². The number of aliphatic hydroxyl groups is 1. The number of likely N-dealkylation sites (tertiary alicyclic amines) is 1. The van der Waals surface area contributed by atoms with Gasteiger partial charge < -0.3 is 15.7 Å². The van der Waals surface area contributed by atoms with Crippen molar-refractivity contribution in [1.82, 2.24) is 14.7 Å². The number of hydrogen-bond donors (Lipinski definition) is 2. The van der Waals surface area contributed by atoms with E-state index < -0.39 is 0 Å². The van der Waals surface area contributed by atoms with Crippen molar-refractivity contribution >= 4 is 5.69 Å². The molecule has 1 saturated heterocycles. The molecule has 1 aliphatic carbocycles. The van der Waals surface area contributed by atoms with E-state index in [9.17, 15) is 5.11 Å². The molecule has 1 aliphatic heterocycles. The number of nitrogen functional groups attached to an aromatic ring is 1. The molecule has 0 radical (unpaired) electrons. The third-order valence-electron chi connectivity index (χ3n) is 5.10. The predicted molar refractivity (Wildman–Crippen MR) is 79.2 cm³/mol. The van der Waals surface area contributed by atoms with Crippen molar-refractivity contribution in [2.75, 3.05) is 25.4 Å². The first-order valence-corrected chi connectivity index (χ1v) is 7.84. The minimum Gasteiger partial charge on any atom is -0.396 e. The number of aromatic nitrogens is 2. The Bertz CT molecular complexity index is 429. The van der Waals surface area contributed by atoms with E-state index in [0.717, 1.165) is 19.6 Å². The molecule has 1 unspecified atom stereocenters. The molecule has 1 spiro atoms. The molecule has 1 saturated carbocycles. The summed E-state index contributed by atoms with van der Waals surface area (Å²) in [5.74, 6) is 0. The molecule has 3 rings (SSSR count). The van der Waals surface area contributed by atoms with E-state index in [0.29, 0.717) is 17.6 Å². The van der Waals surface area contributed by atoms with Gasteiger partial charge >= 0.3 is 0 Å². The lowest BCUT2D eigenvalue weighted by Gasteiger charge is -2.40. The second-order valence-electron chi connectivity index (χ2n) is 6.66. The van der Waals surface area contributed by atoms with Gasteiger partial charge in [0.15, 0.2) is 0 Å². The smallest absolute Gasteiger partial charge is 0.0862 e. The van der Waals surface area contributed by atoms with Gasteiger partial charge in [0.25, 0.3) is 0 Å². The molecule has 5 heteroatoms. The van der Waals surface area contributed by atoms with Crippen molar-refractivity contribution in [3.63, 3.8) is 0 Å². The van der Waals surface area contributed by atoms with Gasteiger partial charge in [0, 0.05) is 12.7 Å². The quantitative estimate of drug-likeness (QED) is 0.875. The maximum Gasteiger partial charge on any atom is 0.0862 e. The number of rotatable bonds is 4. The molecule has 112 valence electrons. The van der Waals surface area contributed by atoms with Crippen LogP contribution in [0.25, 0.3) is 0 Å². The van der Waals surface area contributed by atoms with Crippen LogP contribution < -0.4 is 5.73 Å². The summed E-state index contributed by atoms with van der Waals surface area (Å²) >= 11 is 0. The molecule has 0 bridgehead atoms. The van der Waals surface area contributed by atoms with E-state index in [2.05, 4.69) is 10.00 Å². The van der Waals surface area contributed by atoms with E-state index in [4.69, 9.17) is 5.73 Å². The highest BCUT2D eigenvalue weighted by atomic mass is 16.3. The summed E-state index contributed by atoms with van der Waals surface area (Å²) in [5, 5.41) is 14.3. The summed E-state index contributed by atoms with van der Waals surface area (Å²) in [6.07, 6.45) is 11.3. The van der Waals surface area contributed by atoms with Crippen LogP contribution in [0.1, 0.15) is 38.5 Å². The lowest BCUT2D eigenvalue weighted by Crippen LogP contribution is -2.43. The van der Waals surface area contributed by atoms with Gasteiger partial charge in [-0.3, -0.25) is 4.68 Å². The third kappa shape index (κ3) is 3.15. The summed E-state index contributed by atoms with van der Waals surface area (Å²) in [5.41, 5.74) is 6.93. The van der Waals surface area contributed by atoms with E-state index in [1.54, 1.807) is 17.1 Å². The highest BCUT2D eigenvalue weighted by Crippen LogP contribution is 2.46. The van der Waals surface area contributed by atoms with Gasteiger partial charge in [-0.15, -0.1) is 0 Å². The van der Waals surface area contributed by atoms with Crippen LogP contribution in [-0.4, -0.2) is 45.5 Å². The van der Waals surface area contributed by atoms with E-state index in [1.165, 1.54) is 38.5 Å². The zero-order valence-electron chi connectivity index (χ0n) is 12.2. The summed E-state index contributed by atoms with van der Waals surface area (Å²) in [6, 6.07) is 0. The molecule has 1 aromatic heterocycles. The van der Waals surface area contributed by atoms with Gasteiger partial charge in [0.1, 0.15) is 0 Å². The number of piperidine rings is 1. The van der Waals surface area contributed by atoms with Gasteiger partial charge in [-0.2, -0.15) is 5.10 Å². The van der Waals surface area contributed by atoms with E-state index in [-0.39, 0.29) is 6.10 Å². The fourth-order valence-electron chi connectivity index (χ4n) is 3.89. The number of aliphatic hydroxyl groups excluding tert-OH is 1. The SMILES string of the molecule is Nc1cnn(CC(O)CN2CCC3(CCCC3)CC2)c1. The molecule has 5 nitrogen and oxygen atoms in total. The van der Waals surface area contributed by atoms with Crippen LogP contribution in [0.15, 0.2) is 12.4 Å². The Morgan fingerprint density at radius 2 is 1.90 bits per heavy atom. The number of β-amino-alcohol motifs (C(OH)–C–C–N with tert-alkyl or cyclic N) is 1. The van der Waals surface area contributed by atoms with Gasteiger partial charge in [0.05, 0.1) is 24.5 Å². The topological polar surface area (TPSA) is 67.3 Å². The fraction of sp³-hybridized carbons (Fsp3) is 0.800. The average molecular weight is 278 g/mol. The van der Waals surface area contributed by atoms with Crippen LogP contribution in [0.3, 0.4) is 0 Å². The van der Waals surface area contributed by atoms with Gasteiger partial charge in [-0.1, -0.05) is 12.8 Å². The molecule has 2 heterocycles. The minimum atomic E-state index is -0.369. The summed E-state index contributed by atoms with van der Waals surface area (Å²) in [6.45, 7) is 3.55. The first kappa shape index (κ1) is 13.9. The van der Waals surface area contributed by atoms with Crippen LogP contribution in [0.4, 0.5) is 5.69 Å². The third-order valence-corrected chi connectivity index (χ3v) is 5.10. The molecule has 0 amide bonds. The molecule has 1 aromatic rings. The fourth-order valence-corrected chi connectivity index (χ4v) is 3.89. The Labute approximate surface area is 120 Å². The maximum absolute atomic E-state index is 10.2. The Morgan fingerprint density at radius 1 is 1.20 bits per heavy atom. The zero-order chi connectivity index (χ0) is 14.0. The number of hydrogen-bond acceptors (Lipinski definition) is 4. The number of nitrogens with two attached hydrogens (primary N) is 1. The summed E-state index contributed by atoms with van der Waals surface area (Å²) in [7, 11) is 0. The highest BCUT2D eigenvalue weighted by molar-refractivity contribution is 5.30. The van der Waals surface area contributed by atoms with Crippen molar-refractivity contribution in [3.8, 4) is 0 Å². The number of nitrogens with zero attached hydrogens (tertiary/aromatic N) is 3. The molecular formula is C15H26N4O. The summed E-state index contributed by atoms with van der Waals surface area (Å²) < 4.78 is 1.72. The molecule has 2 aliphatic rings. The minimum absolute atomic E-state index is 0.369. The standard InChI is InChI=1S/C15H26N4O/c16-13-9-17-19(10-13)12-14(20)11-18-7-5-15(6-8-18)3-1-2-4-15/h9-10,14,20H,1-8,11-12,16H2. The number of anilines is 1. The summed E-state index contributed by atoms with van der Waals surface area (Å²) in [4.78, 5) is 2.40. The average Bonchev–Trinajstić information content (AvgIpc) is 3.03. The molecule has 1 atom stereocenters. The van der Waals surface area contributed by atoms with Crippen molar-refractivity contribution in [3.05, 3.63) is 12.4 Å². The molecular weight excluding hydrogens is 252 g/mol. The van der Waals surface area contributed by atoms with Gasteiger partial charge in [0.2, 0.25) is 0 Å². The molecule has 20 heavy (non-hydrogen) atoms. The van der Waals surface area contributed by atoms with Crippen LogP contribution in [0.2, 0.25) is 0 Å². The second-order valence-corrected chi connectivity index (χ2v) is 6.66. The molecule has 3 N–H and O–H groups in total. The van der Waals surface area contributed by atoms with Crippen LogP contribution >= 0.6 is 0 Å². The van der Waals surface area contributed by atoms with Crippen molar-refractivity contribution in [2.45, 2.75) is 51.2 Å². The van der Waals surface area contributed by atoms with Crippen LogP contribution in [0.5, 0.6) is 0 Å². The predicted octanol–water partition coefficient (Wildman–Crippen LogP) is 1.48. The lowest BCUT2D eigenvalue weighted by molar-refractivity contribution is 0.0515. The highest BCUT2D eigenvalue weighted by Gasteiger charge is 2.36. The lowest BCUT2D eigenvalue weighted by atomic mass is 9.77. The second kappa shape index (κ2) is 5.74. The van der Waals surface area contributed by atoms with Crippen molar-refractivity contribution in [1.29, 1.82) is 0 Å². The van der Waals surface area contributed by atoms with E-state index in [1.807, 2.05) is 0 Å². The van der Waals surface area contributed by atoms with Crippen molar-refractivity contribution < 1.29 is 5.11 Å². The normalized spacial score (nSPS) is 24.2. The Kier molecular flexibility index (Phi) is 3.98. The Morgan fingerprint density at radius 3 is 2.50 bits per heavy atom. The van der Waals surface area contributed by atoms with Crippen LogP contribution in [0, 0.1) is 5.41 Å². The maximum atomic E-state index is 10.2. The zero-order valence-corrected chi connectivity index (χ0v) is 12.2. The first-order chi connectivity index (χ1) is 9.65. The molecule has 0 aromatic carbocycles. The van der Waals surface area contributed by atoms with Crippen LogP contribution in [-0.2, 0) is 6.54 Å². The molecule has 2 fully saturated rings. The Balaban J connectivity index is 1.44. The monoisotopic (exact) mass is 278 g/mol. The largest absolute Gasteiger partial charge is 0.396 e. The van der Waals surface area contributed by atoms with Gasteiger partial charge in [-0.25, -0.2) is 0 Å². The van der Waals surface area contributed by atoms with E-state index >= 15 is 0 Å².